The third kappa shape index (κ3) is 12.6. The van der Waals surface area contributed by atoms with E-state index in [-0.39, 0.29) is 46.1 Å². The van der Waals surface area contributed by atoms with E-state index in [2.05, 4.69) is 30.9 Å². The highest BCUT2D eigenvalue weighted by Gasteiger charge is 2.34. The van der Waals surface area contributed by atoms with Gasteiger partial charge in [0, 0.05) is 18.2 Å². The molecule has 0 saturated carbocycles. The molecule has 0 aliphatic heterocycles. The van der Waals surface area contributed by atoms with Gasteiger partial charge in [-0.15, -0.1) is 15.3 Å². The number of aromatic nitrogens is 9. The van der Waals surface area contributed by atoms with Crippen LogP contribution in [0.5, 0.6) is 0 Å². The first-order valence-electron chi connectivity index (χ1n) is 17.8. The Morgan fingerprint density at radius 1 is 0.509 bits per heavy atom. The van der Waals surface area contributed by atoms with E-state index < -0.39 is 23.3 Å². The van der Waals surface area contributed by atoms with Crippen LogP contribution in [-0.4, -0.2) is 74.6 Å². The molecule has 0 spiro atoms. The van der Waals surface area contributed by atoms with Gasteiger partial charge >= 0.3 is 17.9 Å². The van der Waals surface area contributed by atoms with Crippen molar-refractivity contribution < 1.29 is 33.7 Å². The Labute approximate surface area is 327 Å². The largest absolute Gasteiger partial charge is 0.456 e. The van der Waals surface area contributed by atoms with Crippen LogP contribution in [-0.2, 0) is 68.0 Å². The van der Waals surface area contributed by atoms with Crippen LogP contribution in [0.3, 0.4) is 0 Å². The molecule has 16 heteroatoms. The van der Waals surface area contributed by atoms with Gasteiger partial charge in [0.1, 0.15) is 36.9 Å². The summed E-state index contributed by atoms with van der Waals surface area (Å²) in [5.41, 5.74) is 2.71. The van der Waals surface area contributed by atoms with Crippen molar-refractivity contribution in [1.29, 1.82) is 0 Å². The molecule has 3 aromatic heterocycles. The van der Waals surface area contributed by atoms with Crippen LogP contribution in [0.15, 0.2) is 128 Å². The molecular weight excluding hydrogens is 731 g/mol. The maximum Gasteiger partial charge on any atom is 0.331 e. The van der Waals surface area contributed by atoms with Crippen LogP contribution in [0.4, 0.5) is 0 Å². The molecule has 0 radical (unpaired) electrons. The van der Waals surface area contributed by atoms with E-state index in [1.54, 1.807) is 36.8 Å². The number of rotatable bonds is 19. The zero-order chi connectivity index (χ0) is 39.7. The molecule has 0 fully saturated rings. The summed E-state index contributed by atoms with van der Waals surface area (Å²) in [4.78, 5) is 37.0. The highest BCUT2D eigenvalue weighted by molar-refractivity contribution is 5.88. The van der Waals surface area contributed by atoms with Crippen molar-refractivity contribution >= 4 is 36.1 Å². The minimum absolute atomic E-state index is 0.112. The highest BCUT2D eigenvalue weighted by atomic mass is 16.5. The fraction of sp³-hybridized carbons (Fsp3) is 0.195. The standard InChI is InChI=1S/C41H39N9O7/c51-31-41(28-48-22-35(42-45-48)25-55-38(52)19-16-32-10-4-1-5-11-32,29-49-23-36(43-46-49)26-56-39(53)20-17-33-12-6-2-7-13-33)30-50-24-37(44-47-50)27-57-40(54)21-18-34-14-8-3-9-15-34/h1-24,51H,25-31H2/b19-16+,20-17+,21-18+. The minimum atomic E-state index is -1.03. The number of nitrogens with zero attached hydrogens (tertiary/aromatic N) is 9. The van der Waals surface area contributed by atoms with Crippen LogP contribution in [0.1, 0.15) is 33.8 Å². The van der Waals surface area contributed by atoms with Crippen molar-refractivity contribution in [2.24, 2.45) is 5.41 Å². The Bertz CT molecular complexity index is 2050. The number of carbonyl (C=O) groups excluding carboxylic acids is 3. The van der Waals surface area contributed by atoms with Gasteiger partial charge in [0.25, 0.3) is 0 Å². The van der Waals surface area contributed by atoms with E-state index in [1.807, 2.05) is 91.0 Å². The number of hydrogen-bond donors (Lipinski definition) is 1. The Morgan fingerprint density at radius 2 is 0.807 bits per heavy atom. The van der Waals surface area contributed by atoms with Gasteiger partial charge in [-0.05, 0) is 34.9 Å². The highest BCUT2D eigenvalue weighted by Crippen LogP contribution is 2.25. The second kappa shape index (κ2) is 19.8. The van der Waals surface area contributed by atoms with E-state index in [4.69, 9.17) is 14.2 Å². The Kier molecular flexibility index (Phi) is 13.7. The topological polar surface area (TPSA) is 191 Å². The van der Waals surface area contributed by atoms with E-state index >= 15 is 0 Å². The zero-order valence-electron chi connectivity index (χ0n) is 30.7. The molecule has 0 saturated heterocycles. The quantitative estimate of drug-likeness (QED) is 0.0704. The van der Waals surface area contributed by atoms with Crippen molar-refractivity contribution in [1.82, 2.24) is 45.0 Å². The van der Waals surface area contributed by atoms with Gasteiger partial charge < -0.3 is 19.3 Å². The number of carbonyl (C=O) groups is 3. The first-order valence-corrected chi connectivity index (χ1v) is 17.8. The van der Waals surface area contributed by atoms with E-state index in [1.165, 1.54) is 32.3 Å². The van der Waals surface area contributed by atoms with Crippen LogP contribution in [0, 0.1) is 5.41 Å². The molecule has 6 rings (SSSR count). The third-order valence-electron chi connectivity index (χ3n) is 8.31. The lowest BCUT2D eigenvalue weighted by atomic mass is 9.88. The Hall–Kier alpha value is -7.33. The maximum atomic E-state index is 12.3. The second-order valence-corrected chi connectivity index (χ2v) is 12.9. The van der Waals surface area contributed by atoms with Gasteiger partial charge in [-0.3, -0.25) is 14.0 Å². The third-order valence-corrected chi connectivity index (χ3v) is 8.31. The molecule has 0 bridgehead atoms. The number of aliphatic hydroxyl groups excluding tert-OH is 1. The van der Waals surface area contributed by atoms with Gasteiger partial charge in [-0.25, -0.2) is 14.4 Å². The first-order chi connectivity index (χ1) is 27.8. The Morgan fingerprint density at radius 3 is 1.09 bits per heavy atom. The normalized spacial score (nSPS) is 11.7. The number of ether oxygens (including phenoxy) is 3. The lowest BCUT2D eigenvalue weighted by Gasteiger charge is -2.31. The minimum Gasteiger partial charge on any atom is -0.456 e. The van der Waals surface area contributed by atoms with Crippen LogP contribution in [0.2, 0.25) is 0 Å². The molecule has 1 N–H and O–H groups in total. The average Bonchev–Trinajstić information content (AvgIpc) is 4.02. The van der Waals surface area contributed by atoms with E-state index in [9.17, 15) is 19.5 Å². The number of hydrogen-bond acceptors (Lipinski definition) is 13. The first kappa shape index (κ1) is 39.4. The van der Waals surface area contributed by atoms with Crippen LogP contribution >= 0.6 is 0 Å². The van der Waals surface area contributed by atoms with Crippen molar-refractivity contribution in [3.05, 3.63) is 162 Å². The molecule has 6 aromatic rings. The average molecular weight is 770 g/mol. The summed E-state index contributed by atoms with van der Waals surface area (Å²) >= 11 is 0. The summed E-state index contributed by atoms with van der Waals surface area (Å²) in [7, 11) is 0. The monoisotopic (exact) mass is 769 g/mol. The second-order valence-electron chi connectivity index (χ2n) is 12.9. The molecule has 0 aliphatic rings. The lowest BCUT2D eigenvalue weighted by Crippen LogP contribution is -2.40. The summed E-state index contributed by atoms with van der Waals surface area (Å²) in [6.45, 7) is -0.404. The van der Waals surface area contributed by atoms with Crippen molar-refractivity contribution in [3.63, 3.8) is 0 Å². The van der Waals surface area contributed by atoms with Gasteiger partial charge in [0.05, 0.1) is 50.2 Å². The SMILES string of the molecule is O=C(/C=C/c1ccccc1)OCc1cn(CC(CO)(Cn2cc(COC(=O)/C=C/c3ccccc3)nn2)Cn2cc(COC(=O)/C=C/c3ccccc3)nn2)nn1. The van der Waals surface area contributed by atoms with Gasteiger partial charge in [-0.2, -0.15) is 0 Å². The predicted molar refractivity (Wildman–Crippen MR) is 205 cm³/mol. The van der Waals surface area contributed by atoms with Crippen molar-refractivity contribution in [3.8, 4) is 0 Å². The number of benzene rings is 3. The van der Waals surface area contributed by atoms with Gasteiger partial charge in [0.2, 0.25) is 0 Å². The van der Waals surface area contributed by atoms with Crippen molar-refractivity contribution in [2.45, 2.75) is 39.5 Å². The molecular formula is C41H39N9O7. The molecule has 3 heterocycles. The fourth-order valence-corrected chi connectivity index (χ4v) is 5.54. The lowest BCUT2D eigenvalue weighted by molar-refractivity contribution is -0.139. The smallest absolute Gasteiger partial charge is 0.331 e. The van der Waals surface area contributed by atoms with E-state index in [0.717, 1.165) is 16.7 Å². The zero-order valence-corrected chi connectivity index (χ0v) is 30.7. The number of esters is 3. The van der Waals surface area contributed by atoms with Crippen molar-refractivity contribution in [2.75, 3.05) is 6.61 Å². The van der Waals surface area contributed by atoms with E-state index in [0.29, 0.717) is 17.1 Å². The Balaban J connectivity index is 1.11. The number of aliphatic hydroxyl groups is 1. The van der Waals surface area contributed by atoms with Gasteiger partial charge in [0.15, 0.2) is 0 Å². The maximum absolute atomic E-state index is 12.3. The molecule has 0 amide bonds. The van der Waals surface area contributed by atoms with Gasteiger partial charge in [-0.1, -0.05) is 107 Å². The molecule has 3 aromatic carbocycles. The molecule has 0 aliphatic carbocycles. The van der Waals surface area contributed by atoms with Crippen LogP contribution < -0.4 is 0 Å². The summed E-state index contributed by atoms with van der Waals surface area (Å²) in [5, 5.41) is 36.1. The predicted octanol–water partition coefficient (Wildman–Crippen LogP) is 4.11. The molecule has 0 unspecified atom stereocenters. The summed E-state index contributed by atoms with van der Waals surface area (Å²) < 4.78 is 20.6. The summed E-state index contributed by atoms with van der Waals surface area (Å²) in [6, 6.07) is 28.1. The fourth-order valence-electron chi connectivity index (χ4n) is 5.54. The molecule has 0 atom stereocenters. The molecule has 57 heavy (non-hydrogen) atoms. The molecule has 290 valence electrons. The molecule has 16 nitrogen and oxygen atoms in total. The summed E-state index contributed by atoms with van der Waals surface area (Å²) in [6.07, 6.45) is 13.8. The van der Waals surface area contributed by atoms with Crippen LogP contribution in [0.25, 0.3) is 18.2 Å². The summed E-state index contributed by atoms with van der Waals surface area (Å²) in [5.74, 6) is -1.63.